The summed E-state index contributed by atoms with van der Waals surface area (Å²) in [7, 11) is 1.41. The molecule has 43 heavy (non-hydrogen) atoms. The highest BCUT2D eigenvalue weighted by Crippen LogP contribution is 2.32. The van der Waals surface area contributed by atoms with Gasteiger partial charge < -0.3 is 25.8 Å². The van der Waals surface area contributed by atoms with E-state index in [4.69, 9.17) is 15.2 Å². The minimum atomic E-state index is -1.03. The zero-order valence-corrected chi connectivity index (χ0v) is 23.6. The molecule has 13 nitrogen and oxygen atoms in total. The topological polar surface area (TPSA) is 172 Å². The quantitative estimate of drug-likeness (QED) is 0.165. The van der Waals surface area contributed by atoms with Gasteiger partial charge in [-0.25, -0.2) is 4.39 Å². The molecule has 14 heteroatoms. The van der Waals surface area contributed by atoms with Crippen LogP contribution in [-0.4, -0.2) is 97.9 Å². The highest BCUT2D eigenvalue weighted by atomic mass is 19.1. The average Bonchev–Trinajstić information content (AvgIpc) is 3.53. The molecule has 0 bridgehead atoms. The molecule has 0 aromatic heterocycles. The standard InChI is InChI=1S/C29H33FN6O7/c1-42-17-13-19(25(30)20(31)14-17)26(38)33-16-7-9-35(15-16)10-12-43-11-8-32-21-4-2-3-18-24(21)29(41)36(28(18)40)22-5-6-23(37)34-27(22)39/h2-4,13-14,16,22,32H,5-12,15,31H2,1H3,(H,33,38)(H,34,37,39). The number of fused-ring (bicyclic) bond motifs is 1. The molecule has 3 aliphatic heterocycles. The minimum Gasteiger partial charge on any atom is -0.497 e. The van der Waals surface area contributed by atoms with E-state index in [2.05, 4.69) is 20.9 Å². The number of halogens is 1. The molecule has 228 valence electrons. The van der Waals surface area contributed by atoms with Crippen LogP contribution in [0.2, 0.25) is 0 Å². The van der Waals surface area contributed by atoms with Gasteiger partial charge in [-0.1, -0.05) is 6.07 Å². The predicted octanol–water partition coefficient (Wildman–Crippen LogP) is 0.751. The summed E-state index contributed by atoms with van der Waals surface area (Å²) in [4.78, 5) is 65.7. The van der Waals surface area contributed by atoms with Crippen LogP contribution in [0.4, 0.5) is 15.8 Å². The lowest BCUT2D eigenvalue weighted by Gasteiger charge is -2.27. The van der Waals surface area contributed by atoms with E-state index < -0.39 is 41.4 Å². The first-order chi connectivity index (χ1) is 20.7. The molecule has 0 aliphatic carbocycles. The van der Waals surface area contributed by atoms with Gasteiger partial charge in [-0.2, -0.15) is 0 Å². The maximum atomic E-state index is 14.4. The zero-order valence-electron chi connectivity index (χ0n) is 23.6. The number of nitrogens with two attached hydrogens (primary N) is 1. The summed E-state index contributed by atoms with van der Waals surface area (Å²) in [5.74, 6) is -3.25. The number of nitrogens with zero attached hydrogens (tertiary/aromatic N) is 2. The van der Waals surface area contributed by atoms with Crippen molar-refractivity contribution in [1.82, 2.24) is 20.4 Å². The molecule has 0 saturated carbocycles. The lowest BCUT2D eigenvalue weighted by atomic mass is 10.0. The predicted molar refractivity (Wildman–Crippen MR) is 152 cm³/mol. The smallest absolute Gasteiger partial charge is 0.264 e. The van der Waals surface area contributed by atoms with Crippen LogP contribution in [0.5, 0.6) is 5.75 Å². The van der Waals surface area contributed by atoms with Gasteiger partial charge >= 0.3 is 0 Å². The number of hydrogen-bond acceptors (Lipinski definition) is 10. The van der Waals surface area contributed by atoms with E-state index in [1.54, 1.807) is 12.1 Å². The number of nitrogen functional groups attached to an aromatic ring is 1. The van der Waals surface area contributed by atoms with Crippen LogP contribution in [0.25, 0.3) is 0 Å². The van der Waals surface area contributed by atoms with Gasteiger partial charge in [0.05, 0.1) is 42.7 Å². The number of carbonyl (C=O) groups is 5. The molecule has 2 fully saturated rings. The third-order valence-corrected chi connectivity index (χ3v) is 7.74. The Bertz CT molecular complexity index is 1470. The monoisotopic (exact) mass is 596 g/mol. The number of ether oxygens (including phenoxy) is 2. The number of nitrogens with one attached hydrogen (secondary N) is 3. The van der Waals surface area contributed by atoms with Gasteiger partial charge in [0.1, 0.15) is 11.8 Å². The van der Waals surface area contributed by atoms with Crippen LogP contribution >= 0.6 is 0 Å². The normalized spacial score (nSPS) is 20.3. The summed E-state index contributed by atoms with van der Waals surface area (Å²) in [6.07, 6.45) is 0.848. The molecular weight excluding hydrogens is 563 g/mol. The second-order valence-electron chi connectivity index (χ2n) is 10.6. The van der Waals surface area contributed by atoms with Gasteiger partial charge in [-0.15, -0.1) is 0 Å². The number of likely N-dealkylation sites (tertiary alicyclic amines) is 1. The van der Waals surface area contributed by atoms with E-state index >= 15 is 0 Å². The molecular formula is C29H33FN6O7. The number of carbonyl (C=O) groups excluding carboxylic acids is 5. The van der Waals surface area contributed by atoms with Crippen molar-refractivity contribution in [2.24, 2.45) is 0 Å². The SMILES string of the molecule is COc1cc(N)c(F)c(C(=O)NC2CCN(CCOCCNc3cccc4c3C(=O)N(C3CCC(=O)NC3=O)C4=O)C2)c1. The van der Waals surface area contributed by atoms with Crippen molar-refractivity contribution in [3.05, 3.63) is 52.8 Å². The molecule has 2 saturated heterocycles. The number of anilines is 2. The molecule has 5 amide bonds. The Morgan fingerprint density at radius 1 is 1.14 bits per heavy atom. The molecule has 3 heterocycles. The highest BCUT2D eigenvalue weighted by Gasteiger charge is 2.45. The molecule has 0 radical (unpaired) electrons. The fourth-order valence-electron chi connectivity index (χ4n) is 5.54. The maximum absolute atomic E-state index is 14.4. The van der Waals surface area contributed by atoms with E-state index in [9.17, 15) is 28.4 Å². The number of rotatable bonds is 11. The zero-order chi connectivity index (χ0) is 30.7. The highest BCUT2D eigenvalue weighted by molar-refractivity contribution is 6.25. The number of benzene rings is 2. The van der Waals surface area contributed by atoms with Crippen molar-refractivity contribution >= 4 is 40.9 Å². The van der Waals surface area contributed by atoms with Crippen LogP contribution in [0.3, 0.4) is 0 Å². The van der Waals surface area contributed by atoms with Gasteiger partial charge in [0.15, 0.2) is 5.82 Å². The van der Waals surface area contributed by atoms with Crippen LogP contribution in [0.15, 0.2) is 30.3 Å². The van der Waals surface area contributed by atoms with Crippen LogP contribution in [0, 0.1) is 5.82 Å². The first-order valence-corrected chi connectivity index (χ1v) is 14.0. The van der Waals surface area contributed by atoms with Gasteiger partial charge in [0.25, 0.3) is 17.7 Å². The largest absolute Gasteiger partial charge is 0.497 e. The Labute approximate surface area is 246 Å². The Morgan fingerprint density at radius 2 is 1.95 bits per heavy atom. The first kappa shape index (κ1) is 29.9. The van der Waals surface area contributed by atoms with E-state index in [-0.39, 0.29) is 41.3 Å². The Morgan fingerprint density at radius 3 is 2.72 bits per heavy atom. The summed E-state index contributed by atoms with van der Waals surface area (Å²) in [6.45, 7) is 3.07. The third-order valence-electron chi connectivity index (χ3n) is 7.74. The van der Waals surface area contributed by atoms with Crippen molar-refractivity contribution in [1.29, 1.82) is 0 Å². The summed E-state index contributed by atoms with van der Waals surface area (Å²) in [5.41, 5.74) is 6.19. The maximum Gasteiger partial charge on any atom is 0.264 e. The van der Waals surface area contributed by atoms with Crippen molar-refractivity contribution in [2.45, 2.75) is 31.3 Å². The molecule has 2 atom stereocenters. The summed E-state index contributed by atoms with van der Waals surface area (Å²) >= 11 is 0. The fraction of sp³-hybridized carbons (Fsp3) is 0.414. The van der Waals surface area contributed by atoms with Crippen LogP contribution in [-0.2, 0) is 14.3 Å². The van der Waals surface area contributed by atoms with Gasteiger partial charge in [0.2, 0.25) is 11.8 Å². The fourth-order valence-corrected chi connectivity index (χ4v) is 5.54. The number of imide groups is 2. The van der Waals surface area contributed by atoms with Gasteiger partial charge in [-0.05, 0) is 31.0 Å². The molecule has 0 spiro atoms. The van der Waals surface area contributed by atoms with E-state index in [1.807, 2.05) is 0 Å². The van der Waals surface area contributed by atoms with E-state index in [0.29, 0.717) is 50.7 Å². The van der Waals surface area contributed by atoms with E-state index in [1.165, 1.54) is 25.3 Å². The minimum absolute atomic E-state index is 0.0534. The number of hydrogen-bond donors (Lipinski definition) is 4. The second-order valence-corrected chi connectivity index (χ2v) is 10.6. The molecule has 2 unspecified atom stereocenters. The number of methoxy groups -OCH3 is 1. The Kier molecular flexibility index (Phi) is 8.87. The average molecular weight is 597 g/mol. The first-order valence-electron chi connectivity index (χ1n) is 14.0. The summed E-state index contributed by atoms with van der Waals surface area (Å²) in [5, 5.41) is 8.18. The lowest BCUT2D eigenvalue weighted by molar-refractivity contribution is -0.136. The van der Waals surface area contributed by atoms with Crippen molar-refractivity contribution in [2.75, 3.05) is 57.6 Å². The van der Waals surface area contributed by atoms with Crippen molar-refractivity contribution in [3.8, 4) is 5.75 Å². The Balaban J connectivity index is 1.05. The summed E-state index contributed by atoms with van der Waals surface area (Å²) in [6, 6.07) is 6.34. The molecule has 5 rings (SSSR count). The molecule has 3 aliphatic rings. The molecule has 2 aromatic rings. The molecule has 2 aromatic carbocycles. The van der Waals surface area contributed by atoms with E-state index in [0.717, 1.165) is 11.4 Å². The van der Waals surface area contributed by atoms with Crippen molar-refractivity contribution in [3.63, 3.8) is 0 Å². The Hall–Kier alpha value is -4.56. The van der Waals surface area contributed by atoms with Crippen LogP contribution in [0.1, 0.15) is 50.3 Å². The second kappa shape index (κ2) is 12.8. The number of amides is 5. The van der Waals surface area contributed by atoms with Gasteiger partial charge in [-0.3, -0.25) is 39.1 Å². The lowest BCUT2D eigenvalue weighted by Crippen LogP contribution is -2.54. The van der Waals surface area contributed by atoms with Crippen molar-refractivity contribution < 1.29 is 37.8 Å². The van der Waals surface area contributed by atoms with Crippen LogP contribution < -0.4 is 26.4 Å². The number of piperidine rings is 1. The third kappa shape index (κ3) is 6.29. The summed E-state index contributed by atoms with van der Waals surface area (Å²) < 4.78 is 25.2. The van der Waals surface area contributed by atoms with Gasteiger partial charge in [0, 0.05) is 50.4 Å². The molecule has 5 N–H and O–H groups in total.